The Hall–Kier alpha value is -4.86. The molecule has 1 heterocycles. The highest BCUT2D eigenvalue weighted by atomic mass is 16.6. The number of ether oxygens (including phenoxy) is 2. The third-order valence-corrected chi connectivity index (χ3v) is 10.0. The van der Waals surface area contributed by atoms with Crippen LogP contribution >= 0.6 is 0 Å². The van der Waals surface area contributed by atoms with Crippen molar-refractivity contribution in [3.63, 3.8) is 0 Å². The molecule has 0 bridgehead atoms. The maximum Gasteiger partial charge on any atom is 0.408 e. The maximum absolute atomic E-state index is 14.4. The maximum atomic E-state index is 14.4. The first-order valence-corrected chi connectivity index (χ1v) is 18.0. The molecule has 4 amide bonds. The van der Waals surface area contributed by atoms with E-state index in [2.05, 4.69) is 46.3 Å². The van der Waals surface area contributed by atoms with E-state index in [0.717, 1.165) is 47.1 Å². The van der Waals surface area contributed by atoms with Crippen LogP contribution in [0.4, 0.5) is 9.59 Å². The summed E-state index contributed by atoms with van der Waals surface area (Å²) in [6.07, 6.45) is 1.54. The van der Waals surface area contributed by atoms with E-state index in [0.29, 0.717) is 0 Å². The van der Waals surface area contributed by atoms with Gasteiger partial charge in [-0.25, -0.2) is 9.59 Å². The smallest absolute Gasteiger partial charge is 0.408 e. The number of carbonyl (C=O) groups excluding carboxylic acids is 4. The summed E-state index contributed by atoms with van der Waals surface area (Å²) in [5.74, 6) is -0.825. The molecule has 0 radical (unpaired) electrons. The van der Waals surface area contributed by atoms with Crippen LogP contribution in [0.15, 0.2) is 72.8 Å². The van der Waals surface area contributed by atoms with Crippen LogP contribution in [0.3, 0.4) is 0 Å². The normalized spacial score (nSPS) is 20.4. The van der Waals surface area contributed by atoms with Crippen LogP contribution in [0.1, 0.15) is 95.0 Å². The van der Waals surface area contributed by atoms with E-state index in [1.165, 1.54) is 10.5 Å². The predicted octanol–water partition coefficient (Wildman–Crippen LogP) is 6.63. The highest BCUT2D eigenvalue weighted by molar-refractivity contribution is 5.93. The number of likely N-dealkylation sites (tertiary alicyclic amines) is 1. The van der Waals surface area contributed by atoms with Gasteiger partial charge in [-0.15, -0.1) is 0 Å². The summed E-state index contributed by atoms with van der Waals surface area (Å²) in [6.45, 7) is 11.0. The summed E-state index contributed by atoms with van der Waals surface area (Å²) in [7, 11) is 0. The van der Waals surface area contributed by atoms with Gasteiger partial charge in [0.15, 0.2) is 0 Å². The van der Waals surface area contributed by atoms with E-state index in [4.69, 9.17) is 9.47 Å². The minimum absolute atomic E-state index is 0.0744. The lowest BCUT2D eigenvalue weighted by atomic mass is 9.85. The molecular weight excluding hydrogens is 644 g/mol. The van der Waals surface area contributed by atoms with Gasteiger partial charge in [0.1, 0.15) is 24.3 Å². The second kappa shape index (κ2) is 14.4. The largest absolute Gasteiger partial charge is 0.449 e. The van der Waals surface area contributed by atoms with Crippen LogP contribution in [-0.2, 0) is 25.5 Å². The van der Waals surface area contributed by atoms with Crippen LogP contribution < -0.4 is 16.0 Å². The topological polar surface area (TPSA) is 126 Å². The van der Waals surface area contributed by atoms with E-state index >= 15 is 0 Å². The fourth-order valence-corrected chi connectivity index (χ4v) is 7.65. The van der Waals surface area contributed by atoms with Crippen molar-refractivity contribution in [2.75, 3.05) is 13.2 Å². The minimum atomic E-state index is -0.994. The molecule has 1 fully saturated rings. The number of amides is 4. The van der Waals surface area contributed by atoms with Gasteiger partial charge in [-0.1, -0.05) is 93.6 Å². The monoisotopic (exact) mass is 694 g/mol. The van der Waals surface area contributed by atoms with E-state index in [9.17, 15) is 19.2 Å². The molecule has 6 rings (SSSR count). The molecule has 3 aromatic carbocycles. The molecule has 2 unspecified atom stereocenters. The van der Waals surface area contributed by atoms with Crippen molar-refractivity contribution in [2.24, 2.45) is 5.41 Å². The summed E-state index contributed by atoms with van der Waals surface area (Å²) < 4.78 is 11.3. The van der Waals surface area contributed by atoms with Gasteiger partial charge in [0.25, 0.3) is 0 Å². The van der Waals surface area contributed by atoms with E-state index in [1.807, 2.05) is 63.2 Å². The molecule has 2 aliphatic carbocycles. The molecule has 3 aliphatic rings. The summed E-state index contributed by atoms with van der Waals surface area (Å²) in [4.78, 5) is 56.3. The Morgan fingerprint density at radius 2 is 1.41 bits per heavy atom. The second-order valence-electron chi connectivity index (χ2n) is 16.0. The SMILES string of the molecule is CC(C)(C)OC(=O)NC(C(=O)N1C[C@@H](NC(=O)OCC2c3ccccc3-c3ccccc32)C[C@H]1C(=O)NC1CCCc2ccccc21)C(C)(C)C. The highest BCUT2D eigenvalue weighted by Gasteiger charge is 2.46. The quantitative estimate of drug-likeness (QED) is 0.255. The lowest BCUT2D eigenvalue weighted by Crippen LogP contribution is -2.58. The van der Waals surface area contributed by atoms with Crippen molar-refractivity contribution in [3.8, 4) is 11.1 Å². The fourth-order valence-electron chi connectivity index (χ4n) is 7.65. The number of nitrogens with zero attached hydrogens (tertiary/aromatic N) is 1. The van der Waals surface area contributed by atoms with Crippen LogP contribution in [0, 0.1) is 5.41 Å². The van der Waals surface area contributed by atoms with E-state index < -0.39 is 47.2 Å². The van der Waals surface area contributed by atoms with Gasteiger partial charge in [-0.05, 0) is 85.3 Å². The van der Waals surface area contributed by atoms with E-state index in [-0.39, 0.29) is 37.4 Å². The zero-order valence-electron chi connectivity index (χ0n) is 30.5. The molecular formula is C41H50N4O6. The standard InChI is InChI=1S/C41H50N4O6/c1-40(2,3)35(44-39(49)51-41(4,5)6)37(47)45-23-26(22-34(45)36(46)43-33-21-13-15-25-14-7-8-16-27(25)33)42-38(48)50-24-32-30-19-11-9-17-28(30)29-18-10-12-20-31(29)32/h7-12,14,16-20,26,32-35H,13,15,21-24H2,1-6H3,(H,42,48)(H,43,46)(H,44,49)/t26-,33?,34-,35?/m0/s1. The van der Waals surface area contributed by atoms with Crippen molar-refractivity contribution in [1.82, 2.24) is 20.9 Å². The zero-order chi connectivity index (χ0) is 36.5. The molecule has 270 valence electrons. The third-order valence-electron chi connectivity index (χ3n) is 10.0. The molecule has 1 saturated heterocycles. The number of carbonyl (C=O) groups is 4. The highest BCUT2D eigenvalue weighted by Crippen LogP contribution is 2.44. The Bertz CT molecular complexity index is 1750. The Kier molecular flexibility index (Phi) is 10.2. The lowest BCUT2D eigenvalue weighted by Gasteiger charge is -2.36. The number of fused-ring (bicyclic) bond motifs is 4. The molecule has 0 saturated carbocycles. The van der Waals surface area contributed by atoms with Crippen LogP contribution in [0.2, 0.25) is 0 Å². The van der Waals surface area contributed by atoms with Crippen LogP contribution in [-0.4, -0.2) is 65.8 Å². The van der Waals surface area contributed by atoms with Gasteiger partial charge in [0, 0.05) is 12.5 Å². The van der Waals surface area contributed by atoms with Gasteiger partial charge in [0.05, 0.1) is 12.1 Å². The van der Waals surface area contributed by atoms with Crippen molar-refractivity contribution in [1.29, 1.82) is 0 Å². The number of hydrogen-bond donors (Lipinski definition) is 3. The Morgan fingerprint density at radius 1 is 0.804 bits per heavy atom. The number of nitrogens with one attached hydrogen (secondary N) is 3. The van der Waals surface area contributed by atoms with Gasteiger partial charge < -0.3 is 30.3 Å². The number of hydrogen-bond acceptors (Lipinski definition) is 6. The molecule has 3 aromatic rings. The summed E-state index contributed by atoms with van der Waals surface area (Å²) in [5.41, 5.74) is 5.30. The summed E-state index contributed by atoms with van der Waals surface area (Å²) in [6, 6.07) is 21.8. The zero-order valence-corrected chi connectivity index (χ0v) is 30.5. The summed E-state index contributed by atoms with van der Waals surface area (Å²) >= 11 is 0. The number of rotatable bonds is 7. The predicted molar refractivity (Wildman–Crippen MR) is 195 cm³/mol. The van der Waals surface area contributed by atoms with Gasteiger partial charge in [-0.2, -0.15) is 0 Å². The Morgan fingerprint density at radius 3 is 2.04 bits per heavy atom. The van der Waals surface area contributed by atoms with Crippen LogP contribution in [0.25, 0.3) is 11.1 Å². The average Bonchev–Trinajstić information content (AvgIpc) is 3.64. The minimum Gasteiger partial charge on any atom is -0.449 e. The van der Waals surface area contributed by atoms with Crippen molar-refractivity contribution in [2.45, 2.75) is 103 Å². The molecule has 10 heteroatoms. The number of aryl methyl sites for hydroxylation is 1. The second-order valence-corrected chi connectivity index (χ2v) is 16.0. The third kappa shape index (κ3) is 8.05. The lowest BCUT2D eigenvalue weighted by molar-refractivity contribution is -0.142. The molecule has 4 atom stereocenters. The van der Waals surface area contributed by atoms with E-state index in [1.54, 1.807) is 20.8 Å². The first kappa shape index (κ1) is 35.9. The molecule has 1 aliphatic heterocycles. The fraction of sp³-hybridized carbons (Fsp3) is 0.463. The van der Waals surface area contributed by atoms with Crippen LogP contribution in [0.5, 0.6) is 0 Å². The molecule has 51 heavy (non-hydrogen) atoms. The Balaban J connectivity index is 1.19. The van der Waals surface area contributed by atoms with Gasteiger partial charge >= 0.3 is 12.2 Å². The average molecular weight is 695 g/mol. The summed E-state index contributed by atoms with van der Waals surface area (Å²) in [5, 5.41) is 8.93. The first-order valence-electron chi connectivity index (χ1n) is 18.0. The molecule has 3 N–H and O–H groups in total. The van der Waals surface area contributed by atoms with Crippen molar-refractivity contribution >= 4 is 24.0 Å². The van der Waals surface area contributed by atoms with Crippen molar-refractivity contribution in [3.05, 3.63) is 95.1 Å². The Labute approximate surface area is 300 Å². The molecule has 0 aromatic heterocycles. The molecule has 0 spiro atoms. The number of benzene rings is 3. The van der Waals surface area contributed by atoms with Gasteiger partial charge in [-0.3, -0.25) is 9.59 Å². The first-order chi connectivity index (χ1) is 24.2. The molecule has 10 nitrogen and oxygen atoms in total. The van der Waals surface area contributed by atoms with Crippen molar-refractivity contribution < 1.29 is 28.7 Å². The number of alkyl carbamates (subject to hydrolysis) is 2. The van der Waals surface area contributed by atoms with Gasteiger partial charge in [0.2, 0.25) is 11.8 Å².